The molecule has 3 aromatic rings. The summed E-state index contributed by atoms with van der Waals surface area (Å²) in [5, 5.41) is 7.08. The maximum atomic E-state index is 13.1. The highest BCUT2D eigenvalue weighted by Crippen LogP contribution is 2.33. The number of primary amides is 1. The number of carbonyl (C=O) groups excluding carboxylic acids is 7. The van der Waals surface area contributed by atoms with E-state index in [1.54, 1.807) is 6.92 Å². The Bertz CT molecular complexity index is 2110. The molecule has 2 aliphatic rings. The van der Waals surface area contributed by atoms with E-state index < -0.39 is 71.8 Å². The Morgan fingerprint density at radius 2 is 1.71 bits per heavy atom. The van der Waals surface area contributed by atoms with Gasteiger partial charge in [0, 0.05) is 26.1 Å². The number of carbonyl (C=O) groups is 7. The lowest BCUT2D eigenvalue weighted by Crippen LogP contribution is -2.54. The average Bonchev–Trinajstić information content (AvgIpc) is 3.34. The third-order valence-electron chi connectivity index (χ3n) is 8.03. The molecule has 20 heteroatoms. The summed E-state index contributed by atoms with van der Waals surface area (Å²) in [6, 6.07) is 4.26. The predicted molar refractivity (Wildman–Crippen MR) is 174 cm³/mol. The summed E-state index contributed by atoms with van der Waals surface area (Å²) in [4.78, 5) is 117. The van der Waals surface area contributed by atoms with Crippen LogP contribution in [0, 0.1) is 0 Å². The number of anilines is 1. The average molecular weight is 708 g/mol. The van der Waals surface area contributed by atoms with Crippen molar-refractivity contribution in [1.82, 2.24) is 35.0 Å². The smallest absolute Gasteiger partial charge is 0.333 e. The standard InChI is InChI=1S/C31H33N9O11/c1-2-38-26-17(12-16(25(33)44)24(32)37-26)28(46)39(31(38)49)13-21(42)34-8-10-50-11-9-35-22(43)14-51-19-5-3-4-15-23(19)30(48)40(29(15)47)18-6-7-20(41)36-27(18)45/h3-5,12,18H,2,6-11,13-14H2,1H3,(H2,32,37)(H2,33,44)(H,34,42)(H,35,43)(H,36,41,45). The van der Waals surface area contributed by atoms with Crippen molar-refractivity contribution in [1.29, 1.82) is 0 Å². The van der Waals surface area contributed by atoms with Gasteiger partial charge in [-0.1, -0.05) is 6.07 Å². The van der Waals surface area contributed by atoms with E-state index in [4.69, 9.17) is 20.9 Å². The Kier molecular flexibility index (Phi) is 10.5. The van der Waals surface area contributed by atoms with Crippen LogP contribution in [0.5, 0.6) is 5.75 Å². The summed E-state index contributed by atoms with van der Waals surface area (Å²) in [6.45, 7) is 0.709. The number of rotatable bonds is 14. The molecule has 0 bridgehead atoms. The second-order valence-electron chi connectivity index (χ2n) is 11.3. The third-order valence-corrected chi connectivity index (χ3v) is 8.03. The van der Waals surface area contributed by atoms with Gasteiger partial charge in [-0.25, -0.2) is 9.78 Å². The van der Waals surface area contributed by atoms with Crippen molar-refractivity contribution in [3.63, 3.8) is 0 Å². The van der Waals surface area contributed by atoms with Crippen molar-refractivity contribution in [2.45, 2.75) is 38.9 Å². The largest absolute Gasteiger partial charge is 0.483 e. The van der Waals surface area contributed by atoms with E-state index in [1.807, 2.05) is 0 Å². The summed E-state index contributed by atoms with van der Waals surface area (Å²) < 4.78 is 12.8. The number of nitrogens with two attached hydrogens (primary N) is 2. The molecule has 1 fully saturated rings. The lowest BCUT2D eigenvalue weighted by Gasteiger charge is -2.27. The van der Waals surface area contributed by atoms with Crippen LogP contribution >= 0.6 is 0 Å². The number of aryl methyl sites for hydroxylation is 1. The Balaban J connectivity index is 1.06. The van der Waals surface area contributed by atoms with Crippen molar-refractivity contribution in [2.24, 2.45) is 5.73 Å². The van der Waals surface area contributed by atoms with E-state index in [9.17, 15) is 43.2 Å². The predicted octanol–water partition coefficient (Wildman–Crippen LogP) is -3.01. The van der Waals surface area contributed by atoms with E-state index in [-0.39, 0.29) is 85.0 Å². The van der Waals surface area contributed by atoms with Gasteiger partial charge < -0.3 is 31.6 Å². The number of nitrogens with zero attached hydrogens (tertiary/aromatic N) is 4. The zero-order chi connectivity index (χ0) is 37.0. The number of imide groups is 2. The molecule has 2 aromatic heterocycles. The Morgan fingerprint density at radius 3 is 2.37 bits per heavy atom. The van der Waals surface area contributed by atoms with E-state index in [2.05, 4.69) is 20.9 Å². The van der Waals surface area contributed by atoms with Gasteiger partial charge in [0.05, 0.1) is 35.3 Å². The molecule has 1 saturated heterocycles. The summed E-state index contributed by atoms with van der Waals surface area (Å²) in [6.07, 6.45) is -0.0344. The minimum atomic E-state index is -1.15. The van der Waals surface area contributed by atoms with Gasteiger partial charge in [-0.2, -0.15) is 0 Å². The number of aromatic nitrogens is 3. The molecule has 1 atom stereocenters. The first-order valence-corrected chi connectivity index (χ1v) is 15.7. The first-order valence-electron chi connectivity index (χ1n) is 15.7. The van der Waals surface area contributed by atoms with Crippen molar-refractivity contribution < 1.29 is 43.0 Å². The molecule has 0 aliphatic carbocycles. The highest BCUT2D eigenvalue weighted by atomic mass is 16.5. The molecule has 5 rings (SSSR count). The fourth-order valence-corrected chi connectivity index (χ4v) is 5.60. The molecular formula is C31H33N9O11. The van der Waals surface area contributed by atoms with Gasteiger partial charge in [-0.3, -0.25) is 57.7 Å². The number of piperidine rings is 1. The zero-order valence-corrected chi connectivity index (χ0v) is 27.2. The van der Waals surface area contributed by atoms with Crippen LogP contribution in [0.25, 0.3) is 11.0 Å². The molecule has 0 saturated carbocycles. The molecule has 7 amide bonds. The normalized spacial score (nSPS) is 15.5. The lowest BCUT2D eigenvalue weighted by molar-refractivity contribution is -0.136. The molecular weight excluding hydrogens is 674 g/mol. The van der Waals surface area contributed by atoms with Crippen LogP contribution in [0.1, 0.15) is 50.8 Å². The molecule has 2 aliphatic heterocycles. The van der Waals surface area contributed by atoms with Crippen molar-refractivity contribution in [3.05, 3.63) is 61.8 Å². The Morgan fingerprint density at radius 1 is 1.00 bits per heavy atom. The highest BCUT2D eigenvalue weighted by molar-refractivity contribution is 6.24. The first-order chi connectivity index (χ1) is 24.3. The molecule has 1 aromatic carbocycles. The van der Waals surface area contributed by atoms with Gasteiger partial charge in [0.25, 0.3) is 29.2 Å². The van der Waals surface area contributed by atoms with Gasteiger partial charge in [-0.05, 0) is 31.5 Å². The number of hydrogen-bond acceptors (Lipinski definition) is 13. The molecule has 0 spiro atoms. The van der Waals surface area contributed by atoms with Crippen LogP contribution < -0.4 is 43.4 Å². The van der Waals surface area contributed by atoms with Crippen LogP contribution in [0.2, 0.25) is 0 Å². The summed E-state index contributed by atoms with van der Waals surface area (Å²) in [5.74, 6) is -5.15. The van der Waals surface area contributed by atoms with Crippen LogP contribution in [0.3, 0.4) is 0 Å². The number of ether oxygens (including phenoxy) is 2. The number of benzene rings is 1. The maximum absolute atomic E-state index is 13.1. The molecule has 1 unspecified atom stereocenters. The van der Waals surface area contributed by atoms with E-state index >= 15 is 0 Å². The van der Waals surface area contributed by atoms with Crippen LogP contribution in [-0.4, -0.2) is 99.3 Å². The molecule has 51 heavy (non-hydrogen) atoms. The third kappa shape index (κ3) is 7.29. The highest BCUT2D eigenvalue weighted by Gasteiger charge is 2.46. The first kappa shape index (κ1) is 35.9. The van der Waals surface area contributed by atoms with E-state index in [1.165, 1.54) is 18.2 Å². The van der Waals surface area contributed by atoms with Crippen LogP contribution in [0.4, 0.5) is 5.82 Å². The number of nitrogens with one attached hydrogen (secondary N) is 3. The molecule has 7 N–H and O–H groups in total. The molecule has 4 heterocycles. The second-order valence-corrected chi connectivity index (χ2v) is 11.3. The second kappa shape index (κ2) is 15.0. The minimum absolute atomic E-state index is 0.00577. The fourth-order valence-electron chi connectivity index (χ4n) is 5.60. The topological polar surface area (TPSA) is 286 Å². The lowest BCUT2D eigenvalue weighted by atomic mass is 10.0. The summed E-state index contributed by atoms with van der Waals surface area (Å²) in [7, 11) is 0. The van der Waals surface area contributed by atoms with Gasteiger partial charge in [-0.15, -0.1) is 0 Å². The van der Waals surface area contributed by atoms with Crippen molar-refractivity contribution in [3.8, 4) is 5.75 Å². The van der Waals surface area contributed by atoms with Crippen molar-refractivity contribution >= 4 is 58.2 Å². The molecule has 20 nitrogen and oxygen atoms in total. The Hall–Kier alpha value is -6.44. The van der Waals surface area contributed by atoms with Gasteiger partial charge in [0.2, 0.25) is 17.7 Å². The van der Waals surface area contributed by atoms with Crippen LogP contribution in [0.15, 0.2) is 33.9 Å². The zero-order valence-electron chi connectivity index (χ0n) is 27.2. The number of hydrogen-bond donors (Lipinski definition) is 5. The van der Waals surface area contributed by atoms with Crippen LogP contribution in [-0.2, 0) is 37.0 Å². The van der Waals surface area contributed by atoms with E-state index in [0.29, 0.717) is 4.57 Å². The van der Waals surface area contributed by atoms with E-state index in [0.717, 1.165) is 15.5 Å². The number of amides is 7. The SMILES string of the molecule is CCn1c(=O)n(CC(=O)NCCOCCNC(=O)COc2cccc3c2C(=O)N(C2CCC(=O)NC2=O)C3=O)c(=O)c2cc(C(N)=O)c(N)nc21. The monoisotopic (exact) mass is 707 g/mol. The van der Waals surface area contributed by atoms with Gasteiger partial charge in [0.15, 0.2) is 12.3 Å². The number of nitrogen functional groups attached to an aromatic ring is 1. The molecule has 0 radical (unpaired) electrons. The number of pyridine rings is 1. The van der Waals surface area contributed by atoms with Gasteiger partial charge >= 0.3 is 5.69 Å². The summed E-state index contributed by atoms with van der Waals surface area (Å²) in [5.41, 5.74) is 9.07. The quantitative estimate of drug-likeness (QED) is 0.0825. The van der Waals surface area contributed by atoms with Crippen molar-refractivity contribution in [2.75, 3.05) is 38.6 Å². The Labute approximate surface area is 287 Å². The minimum Gasteiger partial charge on any atom is -0.483 e. The molecule has 268 valence electrons. The summed E-state index contributed by atoms with van der Waals surface area (Å²) >= 11 is 0. The van der Waals surface area contributed by atoms with Gasteiger partial charge in [0.1, 0.15) is 24.2 Å². The fraction of sp³-hybridized carbons (Fsp3) is 0.355. The maximum Gasteiger partial charge on any atom is 0.333 e. The number of fused-ring (bicyclic) bond motifs is 2.